The monoisotopic (exact) mass is 396 g/mol. The van der Waals surface area contributed by atoms with Gasteiger partial charge in [-0.25, -0.2) is 9.97 Å². The molecule has 1 saturated carbocycles. The van der Waals surface area contributed by atoms with Gasteiger partial charge in [-0.05, 0) is 55.2 Å². The molecule has 0 bridgehead atoms. The van der Waals surface area contributed by atoms with E-state index in [1.807, 2.05) is 18.2 Å². The molecule has 0 atom stereocenters. The average molecular weight is 397 g/mol. The number of nitrogens with zero attached hydrogens (tertiary/aromatic N) is 3. The second-order valence-corrected chi connectivity index (χ2v) is 7.31. The minimum Gasteiger partial charge on any atom is -0.370 e. The second kappa shape index (κ2) is 8.39. The smallest absolute Gasteiger partial charge is 0.252 e. The fourth-order valence-electron chi connectivity index (χ4n) is 2.74. The van der Waals surface area contributed by atoms with Gasteiger partial charge in [0.1, 0.15) is 11.6 Å². The highest BCUT2D eigenvalue weighted by atomic mass is 35.5. The Morgan fingerprint density at radius 3 is 2.71 bits per heavy atom. The lowest BCUT2D eigenvalue weighted by atomic mass is 10.2. The molecule has 0 aliphatic heterocycles. The number of rotatable bonds is 8. The van der Waals surface area contributed by atoms with Gasteiger partial charge in [0.15, 0.2) is 5.82 Å². The maximum Gasteiger partial charge on any atom is 0.252 e. The van der Waals surface area contributed by atoms with Gasteiger partial charge in [0.25, 0.3) is 5.91 Å². The number of aromatic nitrogens is 4. The fraction of sp³-hybridized carbons (Fsp3) is 0.300. The third kappa shape index (κ3) is 4.86. The number of hydrogen-bond acceptors (Lipinski definition) is 5. The quantitative estimate of drug-likeness (QED) is 0.543. The summed E-state index contributed by atoms with van der Waals surface area (Å²) in [6.07, 6.45) is 4.73. The lowest BCUT2D eigenvalue weighted by Crippen LogP contribution is -2.26. The molecule has 1 amide bonds. The van der Waals surface area contributed by atoms with Gasteiger partial charge in [-0.1, -0.05) is 11.6 Å². The molecule has 144 valence electrons. The summed E-state index contributed by atoms with van der Waals surface area (Å²) in [6.45, 7) is 1.41. The van der Waals surface area contributed by atoms with E-state index < -0.39 is 0 Å². The first-order chi connectivity index (χ1) is 13.7. The molecule has 0 saturated heterocycles. The van der Waals surface area contributed by atoms with E-state index in [1.165, 1.54) is 12.8 Å². The minimum absolute atomic E-state index is 0.154. The molecule has 7 nitrogen and oxygen atoms in total. The largest absolute Gasteiger partial charge is 0.370 e. The number of carbonyl (C=O) groups is 1. The van der Waals surface area contributed by atoms with Crippen LogP contribution in [0.2, 0.25) is 5.02 Å². The second-order valence-electron chi connectivity index (χ2n) is 6.87. The van der Waals surface area contributed by atoms with E-state index in [0.717, 1.165) is 23.8 Å². The van der Waals surface area contributed by atoms with Crippen molar-refractivity contribution >= 4 is 23.3 Å². The zero-order valence-corrected chi connectivity index (χ0v) is 16.0. The molecule has 4 rings (SSSR count). The van der Waals surface area contributed by atoms with Crippen LogP contribution in [-0.2, 0) is 6.42 Å². The number of amides is 1. The van der Waals surface area contributed by atoms with Crippen molar-refractivity contribution in [3.8, 4) is 11.4 Å². The third-order valence-corrected chi connectivity index (χ3v) is 4.83. The van der Waals surface area contributed by atoms with Crippen LogP contribution in [0.5, 0.6) is 0 Å². The van der Waals surface area contributed by atoms with E-state index in [0.29, 0.717) is 35.2 Å². The molecular formula is C20H21ClN6O. The Bertz CT molecular complexity index is 934. The number of carbonyl (C=O) groups excluding carboxylic acids is 1. The first kappa shape index (κ1) is 18.4. The number of benzene rings is 1. The molecule has 2 aromatic heterocycles. The van der Waals surface area contributed by atoms with Gasteiger partial charge in [-0.3, -0.25) is 9.89 Å². The average Bonchev–Trinajstić information content (AvgIpc) is 3.44. The van der Waals surface area contributed by atoms with Crippen molar-refractivity contribution in [1.29, 1.82) is 0 Å². The Labute approximate surface area is 167 Å². The number of nitrogens with one attached hydrogen (secondary N) is 3. The molecule has 1 aromatic carbocycles. The summed E-state index contributed by atoms with van der Waals surface area (Å²) in [6, 6.07) is 11.0. The van der Waals surface area contributed by atoms with Crippen molar-refractivity contribution in [2.24, 2.45) is 5.92 Å². The topological polar surface area (TPSA) is 95.6 Å². The van der Waals surface area contributed by atoms with Crippen LogP contribution in [0.3, 0.4) is 0 Å². The van der Waals surface area contributed by atoms with Crippen LogP contribution in [0.15, 0.2) is 42.6 Å². The van der Waals surface area contributed by atoms with Gasteiger partial charge < -0.3 is 10.6 Å². The van der Waals surface area contributed by atoms with Crippen molar-refractivity contribution in [2.45, 2.75) is 19.3 Å². The molecule has 2 heterocycles. The zero-order valence-electron chi connectivity index (χ0n) is 15.3. The van der Waals surface area contributed by atoms with E-state index in [2.05, 4.69) is 30.8 Å². The van der Waals surface area contributed by atoms with Crippen LogP contribution in [0.25, 0.3) is 11.4 Å². The van der Waals surface area contributed by atoms with Gasteiger partial charge in [0.05, 0.1) is 5.56 Å². The Morgan fingerprint density at radius 1 is 1.18 bits per heavy atom. The van der Waals surface area contributed by atoms with Gasteiger partial charge in [-0.15, -0.1) is 0 Å². The number of hydrogen-bond donors (Lipinski definition) is 3. The molecule has 8 heteroatoms. The summed E-state index contributed by atoms with van der Waals surface area (Å²) in [7, 11) is 0. The highest BCUT2D eigenvalue weighted by Crippen LogP contribution is 2.28. The van der Waals surface area contributed by atoms with E-state index in [-0.39, 0.29) is 5.91 Å². The van der Waals surface area contributed by atoms with E-state index >= 15 is 0 Å². The number of aromatic amines is 1. The van der Waals surface area contributed by atoms with Crippen LogP contribution >= 0.6 is 11.6 Å². The SMILES string of the molecule is O=C(NCCc1nc(-c2ccc(Cl)cc2)n[nH]1)c1ccc(NCC2CC2)nc1. The highest BCUT2D eigenvalue weighted by molar-refractivity contribution is 6.30. The number of anilines is 1. The summed E-state index contributed by atoms with van der Waals surface area (Å²) in [5.41, 5.74) is 1.42. The molecule has 1 aliphatic rings. The summed E-state index contributed by atoms with van der Waals surface area (Å²) in [5.74, 6) is 2.75. The molecule has 28 heavy (non-hydrogen) atoms. The standard InChI is InChI=1S/C20H21ClN6O/c21-16-6-3-14(4-7-16)19-25-18(26-27-19)9-10-22-20(28)15-5-8-17(24-12-15)23-11-13-1-2-13/h3-8,12-13H,1-2,9-11H2,(H,22,28)(H,23,24)(H,25,26,27). The zero-order chi connectivity index (χ0) is 19.3. The summed E-state index contributed by atoms with van der Waals surface area (Å²) in [4.78, 5) is 21.0. The predicted molar refractivity (Wildman–Crippen MR) is 108 cm³/mol. The van der Waals surface area contributed by atoms with Crippen molar-refractivity contribution in [1.82, 2.24) is 25.5 Å². The third-order valence-electron chi connectivity index (χ3n) is 4.58. The number of pyridine rings is 1. The van der Waals surface area contributed by atoms with E-state index in [1.54, 1.807) is 24.4 Å². The fourth-order valence-corrected chi connectivity index (χ4v) is 2.86. The van der Waals surface area contributed by atoms with Gasteiger partial charge in [0.2, 0.25) is 0 Å². The van der Waals surface area contributed by atoms with Crippen molar-refractivity contribution in [3.05, 3.63) is 59.0 Å². The van der Waals surface area contributed by atoms with E-state index in [9.17, 15) is 4.79 Å². The number of halogens is 1. The molecule has 0 unspecified atom stereocenters. The molecule has 1 fully saturated rings. The Hall–Kier alpha value is -2.93. The lowest BCUT2D eigenvalue weighted by Gasteiger charge is -2.06. The molecule has 3 aromatic rings. The maximum atomic E-state index is 12.3. The van der Waals surface area contributed by atoms with Crippen LogP contribution in [0.4, 0.5) is 5.82 Å². The normalized spacial score (nSPS) is 13.3. The van der Waals surface area contributed by atoms with Crippen molar-refractivity contribution in [2.75, 3.05) is 18.4 Å². The summed E-state index contributed by atoms with van der Waals surface area (Å²) < 4.78 is 0. The van der Waals surface area contributed by atoms with Crippen LogP contribution < -0.4 is 10.6 Å². The lowest BCUT2D eigenvalue weighted by molar-refractivity contribution is 0.0953. The molecule has 1 aliphatic carbocycles. The molecule has 0 radical (unpaired) electrons. The minimum atomic E-state index is -0.154. The van der Waals surface area contributed by atoms with Crippen molar-refractivity contribution < 1.29 is 4.79 Å². The predicted octanol–water partition coefficient (Wildman–Crippen LogP) is 3.31. The van der Waals surface area contributed by atoms with Gasteiger partial charge in [0, 0.05) is 36.3 Å². The van der Waals surface area contributed by atoms with Crippen LogP contribution in [0.1, 0.15) is 29.0 Å². The van der Waals surface area contributed by atoms with Gasteiger partial charge >= 0.3 is 0 Å². The molecule has 0 spiro atoms. The first-order valence-electron chi connectivity index (χ1n) is 9.33. The van der Waals surface area contributed by atoms with Crippen LogP contribution in [-0.4, -0.2) is 39.2 Å². The van der Waals surface area contributed by atoms with E-state index in [4.69, 9.17) is 11.6 Å². The Morgan fingerprint density at radius 2 is 2.00 bits per heavy atom. The molecular weight excluding hydrogens is 376 g/mol. The molecule has 3 N–H and O–H groups in total. The highest BCUT2D eigenvalue weighted by Gasteiger charge is 2.20. The van der Waals surface area contributed by atoms with Gasteiger partial charge in [-0.2, -0.15) is 5.10 Å². The maximum absolute atomic E-state index is 12.3. The van der Waals surface area contributed by atoms with Crippen molar-refractivity contribution in [3.63, 3.8) is 0 Å². The number of H-pyrrole nitrogens is 1. The Balaban J connectivity index is 1.25. The summed E-state index contributed by atoms with van der Waals surface area (Å²) >= 11 is 5.90. The summed E-state index contributed by atoms with van der Waals surface area (Å²) in [5, 5.41) is 13.9. The van der Waals surface area contributed by atoms with Crippen LogP contribution in [0, 0.1) is 5.92 Å². The Kier molecular flexibility index (Phi) is 5.53. The first-order valence-corrected chi connectivity index (χ1v) is 9.70.